The molecule has 0 radical (unpaired) electrons. The quantitative estimate of drug-likeness (QED) is 0.823. The molecular formula is C19H27N3O5. The summed E-state index contributed by atoms with van der Waals surface area (Å²) in [6.45, 7) is 2.41. The maximum absolute atomic E-state index is 12.6. The number of ether oxygens (including phenoxy) is 1. The Morgan fingerprint density at radius 3 is 2.63 bits per heavy atom. The molecule has 0 spiro atoms. The number of nitrogens with one attached hydrogen (secondary N) is 1. The molecule has 1 atom stereocenters. The van der Waals surface area contributed by atoms with Crippen molar-refractivity contribution in [2.24, 2.45) is 5.92 Å². The van der Waals surface area contributed by atoms with Gasteiger partial charge in [0.15, 0.2) is 5.76 Å². The molecule has 2 aliphatic rings. The molecule has 1 aromatic rings. The van der Waals surface area contributed by atoms with Gasteiger partial charge < -0.3 is 24.3 Å². The lowest BCUT2D eigenvalue weighted by molar-refractivity contribution is -0.139. The third kappa shape index (κ3) is 4.88. The summed E-state index contributed by atoms with van der Waals surface area (Å²) in [5.41, 5.74) is 0. The third-order valence-electron chi connectivity index (χ3n) is 5.27. The zero-order chi connectivity index (χ0) is 19.2. The van der Waals surface area contributed by atoms with E-state index in [0.717, 1.165) is 12.8 Å². The van der Waals surface area contributed by atoms with Crippen molar-refractivity contribution in [1.29, 1.82) is 0 Å². The summed E-state index contributed by atoms with van der Waals surface area (Å²) >= 11 is 0. The van der Waals surface area contributed by atoms with Crippen LogP contribution in [0.1, 0.15) is 36.2 Å². The standard InChI is InChI=1S/C19H27N3O5/c1-26-13-17(23)21-9-6-14(7-10-21)18(24)20-15-4-2-8-22(12-15)19(25)16-5-3-11-27-16/h3,5,11,14-15H,2,4,6-10,12-13H2,1H3,(H,20,24). The van der Waals surface area contributed by atoms with Gasteiger partial charge in [-0.05, 0) is 37.8 Å². The monoisotopic (exact) mass is 377 g/mol. The smallest absolute Gasteiger partial charge is 0.289 e. The van der Waals surface area contributed by atoms with Crippen molar-refractivity contribution in [3.8, 4) is 0 Å². The number of furan rings is 1. The summed E-state index contributed by atoms with van der Waals surface area (Å²) in [6, 6.07) is 3.31. The van der Waals surface area contributed by atoms with E-state index in [1.807, 2.05) is 0 Å². The second-order valence-corrected chi connectivity index (χ2v) is 7.16. The fourth-order valence-electron chi connectivity index (χ4n) is 3.76. The average molecular weight is 377 g/mol. The third-order valence-corrected chi connectivity index (χ3v) is 5.27. The number of carbonyl (C=O) groups excluding carboxylic acids is 3. The van der Waals surface area contributed by atoms with Crippen LogP contribution in [0, 0.1) is 5.92 Å². The first-order chi connectivity index (χ1) is 13.1. The molecule has 0 saturated carbocycles. The maximum Gasteiger partial charge on any atom is 0.289 e. The van der Waals surface area contributed by atoms with E-state index in [0.29, 0.717) is 44.8 Å². The van der Waals surface area contributed by atoms with E-state index in [-0.39, 0.29) is 36.3 Å². The summed E-state index contributed by atoms with van der Waals surface area (Å²) in [4.78, 5) is 40.4. The van der Waals surface area contributed by atoms with Crippen LogP contribution in [0.25, 0.3) is 0 Å². The molecular weight excluding hydrogens is 350 g/mol. The Labute approximate surface area is 158 Å². The Kier molecular flexibility index (Phi) is 6.49. The van der Waals surface area contributed by atoms with E-state index < -0.39 is 0 Å². The van der Waals surface area contributed by atoms with Gasteiger partial charge in [-0.15, -0.1) is 0 Å². The van der Waals surface area contributed by atoms with Crippen LogP contribution >= 0.6 is 0 Å². The molecule has 2 fully saturated rings. The van der Waals surface area contributed by atoms with Crippen molar-refractivity contribution >= 4 is 17.7 Å². The Hall–Kier alpha value is -2.35. The minimum absolute atomic E-state index is 0.0196. The number of nitrogens with zero attached hydrogens (tertiary/aromatic N) is 2. The molecule has 1 aromatic heterocycles. The second-order valence-electron chi connectivity index (χ2n) is 7.16. The van der Waals surface area contributed by atoms with Crippen molar-refractivity contribution in [2.75, 3.05) is 39.9 Å². The van der Waals surface area contributed by atoms with Crippen LogP contribution in [-0.2, 0) is 14.3 Å². The van der Waals surface area contributed by atoms with Gasteiger partial charge in [0.2, 0.25) is 11.8 Å². The van der Waals surface area contributed by atoms with E-state index in [1.165, 1.54) is 13.4 Å². The van der Waals surface area contributed by atoms with Gasteiger partial charge in [-0.25, -0.2) is 0 Å². The lowest BCUT2D eigenvalue weighted by Crippen LogP contribution is -2.52. The van der Waals surface area contributed by atoms with Gasteiger partial charge in [0.1, 0.15) is 6.61 Å². The van der Waals surface area contributed by atoms with E-state index in [9.17, 15) is 14.4 Å². The van der Waals surface area contributed by atoms with Crippen molar-refractivity contribution < 1.29 is 23.5 Å². The molecule has 1 unspecified atom stereocenters. The molecule has 27 heavy (non-hydrogen) atoms. The lowest BCUT2D eigenvalue weighted by atomic mass is 9.94. The zero-order valence-corrected chi connectivity index (χ0v) is 15.7. The van der Waals surface area contributed by atoms with E-state index in [1.54, 1.807) is 21.9 Å². The Balaban J connectivity index is 1.47. The molecule has 3 amide bonds. The summed E-state index contributed by atoms with van der Waals surface area (Å²) in [6.07, 6.45) is 4.51. The molecule has 0 bridgehead atoms. The Morgan fingerprint density at radius 2 is 1.96 bits per heavy atom. The van der Waals surface area contributed by atoms with E-state index >= 15 is 0 Å². The second kappa shape index (κ2) is 9.03. The van der Waals surface area contributed by atoms with Crippen molar-refractivity contribution in [2.45, 2.75) is 31.7 Å². The summed E-state index contributed by atoms with van der Waals surface area (Å²) in [5, 5.41) is 3.10. The summed E-state index contributed by atoms with van der Waals surface area (Å²) in [5.74, 6) is 0.0913. The topological polar surface area (TPSA) is 92.1 Å². The molecule has 8 nitrogen and oxygen atoms in total. The van der Waals surface area contributed by atoms with Crippen molar-refractivity contribution in [3.05, 3.63) is 24.2 Å². The fraction of sp³-hybridized carbons (Fsp3) is 0.632. The van der Waals surface area contributed by atoms with Crippen LogP contribution in [0.2, 0.25) is 0 Å². The molecule has 1 N–H and O–H groups in total. The minimum atomic E-state index is -0.135. The van der Waals surface area contributed by atoms with Gasteiger partial charge in [-0.1, -0.05) is 0 Å². The predicted molar refractivity (Wildman–Crippen MR) is 97.0 cm³/mol. The molecule has 3 rings (SSSR count). The maximum atomic E-state index is 12.6. The molecule has 8 heteroatoms. The van der Waals surface area contributed by atoms with Crippen LogP contribution in [0.5, 0.6) is 0 Å². The Morgan fingerprint density at radius 1 is 1.19 bits per heavy atom. The van der Waals surface area contributed by atoms with Gasteiger partial charge in [-0.2, -0.15) is 0 Å². The molecule has 0 aliphatic carbocycles. The highest BCUT2D eigenvalue weighted by molar-refractivity contribution is 5.91. The molecule has 0 aromatic carbocycles. The highest BCUT2D eigenvalue weighted by Gasteiger charge is 2.31. The zero-order valence-electron chi connectivity index (χ0n) is 15.7. The van der Waals surface area contributed by atoms with Gasteiger partial charge in [-0.3, -0.25) is 14.4 Å². The number of rotatable bonds is 5. The van der Waals surface area contributed by atoms with Crippen molar-refractivity contribution in [1.82, 2.24) is 15.1 Å². The normalized spacial score (nSPS) is 21.1. The number of methoxy groups -OCH3 is 1. The fourth-order valence-corrected chi connectivity index (χ4v) is 3.76. The number of amides is 3. The van der Waals surface area contributed by atoms with Crippen LogP contribution < -0.4 is 5.32 Å². The number of likely N-dealkylation sites (tertiary alicyclic amines) is 2. The number of hydrogen-bond acceptors (Lipinski definition) is 5. The van der Waals surface area contributed by atoms with Gasteiger partial charge >= 0.3 is 0 Å². The molecule has 2 aliphatic heterocycles. The van der Waals surface area contributed by atoms with Crippen LogP contribution in [0.4, 0.5) is 0 Å². The first-order valence-corrected chi connectivity index (χ1v) is 9.48. The van der Waals surface area contributed by atoms with Gasteiger partial charge in [0.05, 0.1) is 6.26 Å². The summed E-state index contributed by atoms with van der Waals surface area (Å²) < 4.78 is 10.1. The number of piperidine rings is 2. The molecule has 148 valence electrons. The van der Waals surface area contributed by atoms with Crippen molar-refractivity contribution in [3.63, 3.8) is 0 Å². The minimum Gasteiger partial charge on any atom is -0.459 e. The average Bonchev–Trinajstić information content (AvgIpc) is 3.22. The summed E-state index contributed by atoms with van der Waals surface area (Å²) in [7, 11) is 1.50. The van der Waals surface area contributed by atoms with Gasteiger partial charge in [0, 0.05) is 45.2 Å². The van der Waals surface area contributed by atoms with Crippen LogP contribution in [-0.4, -0.2) is 73.5 Å². The van der Waals surface area contributed by atoms with Crippen LogP contribution in [0.3, 0.4) is 0 Å². The highest BCUT2D eigenvalue weighted by Crippen LogP contribution is 2.19. The lowest BCUT2D eigenvalue weighted by Gasteiger charge is -2.35. The molecule has 2 saturated heterocycles. The van der Waals surface area contributed by atoms with E-state index in [4.69, 9.17) is 9.15 Å². The van der Waals surface area contributed by atoms with Gasteiger partial charge in [0.25, 0.3) is 5.91 Å². The highest BCUT2D eigenvalue weighted by atomic mass is 16.5. The Bertz CT molecular complexity index is 652. The van der Waals surface area contributed by atoms with Crippen LogP contribution in [0.15, 0.2) is 22.8 Å². The largest absolute Gasteiger partial charge is 0.459 e. The first-order valence-electron chi connectivity index (χ1n) is 9.48. The number of carbonyl (C=O) groups is 3. The predicted octanol–water partition coefficient (Wildman–Crippen LogP) is 0.885. The number of hydrogen-bond donors (Lipinski definition) is 1. The first kappa shape index (κ1) is 19.4. The van der Waals surface area contributed by atoms with E-state index in [2.05, 4.69) is 5.32 Å². The molecule has 3 heterocycles. The SMILES string of the molecule is COCC(=O)N1CCC(C(=O)NC2CCCN(C(=O)c3ccco3)C2)CC1.